The molecule has 1 saturated heterocycles. The van der Waals surface area contributed by atoms with Gasteiger partial charge >= 0.3 is 0 Å². The van der Waals surface area contributed by atoms with Crippen LogP contribution < -0.4 is 5.32 Å². The smallest absolute Gasteiger partial charge is 0.276 e. The fourth-order valence-electron chi connectivity index (χ4n) is 2.78. The summed E-state index contributed by atoms with van der Waals surface area (Å²) in [6.45, 7) is 5.08. The number of aromatic nitrogens is 2. The Morgan fingerprint density at radius 2 is 2.26 bits per heavy atom. The summed E-state index contributed by atoms with van der Waals surface area (Å²) in [5.41, 5.74) is 1.58. The number of aromatic hydroxyl groups is 1. The van der Waals surface area contributed by atoms with E-state index in [2.05, 4.69) is 17.3 Å². The number of nitrogens with zero attached hydrogens (tertiary/aromatic N) is 2. The minimum absolute atomic E-state index is 0.0315. The third-order valence-corrected chi connectivity index (χ3v) is 4.16. The number of ether oxygens (including phenoxy) is 1. The quantitative estimate of drug-likeness (QED) is 0.905. The van der Waals surface area contributed by atoms with Gasteiger partial charge in [0.2, 0.25) is 0 Å². The van der Waals surface area contributed by atoms with Crippen LogP contribution in [0.5, 0.6) is 5.75 Å². The molecule has 1 aromatic carbocycles. The third kappa shape index (κ3) is 3.07. The molecule has 1 atom stereocenters. The fourth-order valence-corrected chi connectivity index (χ4v) is 2.78. The van der Waals surface area contributed by atoms with Crippen LogP contribution in [0.15, 0.2) is 30.5 Å². The monoisotopic (exact) mass is 315 g/mol. The molecule has 2 heterocycles. The molecule has 23 heavy (non-hydrogen) atoms. The van der Waals surface area contributed by atoms with Crippen molar-refractivity contribution < 1.29 is 14.6 Å². The van der Waals surface area contributed by atoms with Crippen molar-refractivity contribution in [3.8, 4) is 11.4 Å². The van der Waals surface area contributed by atoms with Gasteiger partial charge in [0.05, 0.1) is 24.0 Å². The Balaban J connectivity index is 1.87. The highest BCUT2D eigenvalue weighted by molar-refractivity contribution is 5.95. The summed E-state index contributed by atoms with van der Waals surface area (Å²) in [7, 11) is 0. The third-order valence-electron chi connectivity index (χ3n) is 4.16. The van der Waals surface area contributed by atoms with Crippen LogP contribution in [-0.4, -0.2) is 39.5 Å². The Labute approximate surface area is 135 Å². The van der Waals surface area contributed by atoms with Crippen molar-refractivity contribution in [3.05, 3.63) is 41.7 Å². The van der Waals surface area contributed by atoms with E-state index in [-0.39, 0.29) is 17.4 Å². The highest BCUT2D eigenvalue weighted by Crippen LogP contribution is 2.23. The van der Waals surface area contributed by atoms with E-state index < -0.39 is 5.54 Å². The molecule has 0 spiro atoms. The largest absolute Gasteiger partial charge is 0.504 e. The fraction of sp³-hybridized carbons (Fsp3) is 0.412. The maximum absolute atomic E-state index is 12.4. The Hall–Kier alpha value is -2.34. The van der Waals surface area contributed by atoms with Gasteiger partial charge in [-0.25, -0.2) is 4.68 Å². The summed E-state index contributed by atoms with van der Waals surface area (Å²) < 4.78 is 6.88. The van der Waals surface area contributed by atoms with Crippen LogP contribution in [0.1, 0.15) is 36.3 Å². The molecular formula is C17H21N3O3. The number of rotatable bonds is 4. The Kier molecular flexibility index (Phi) is 4.09. The zero-order valence-corrected chi connectivity index (χ0v) is 13.4. The summed E-state index contributed by atoms with van der Waals surface area (Å²) in [5.74, 6) is -0.515. The number of carbonyl (C=O) groups excluding carboxylic acids is 1. The van der Waals surface area contributed by atoms with Crippen molar-refractivity contribution in [3.63, 3.8) is 0 Å². The van der Waals surface area contributed by atoms with Gasteiger partial charge < -0.3 is 15.2 Å². The maximum atomic E-state index is 12.4. The lowest BCUT2D eigenvalue weighted by Gasteiger charge is -2.22. The summed E-state index contributed by atoms with van der Waals surface area (Å²) in [6, 6.07) is 7.79. The number of para-hydroxylation sites is 1. The number of hydrogen-bond acceptors (Lipinski definition) is 4. The van der Waals surface area contributed by atoms with E-state index in [1.54, 1.807) is 4.68 Å². The van der Waals surface area contributed by atoms with Gasteiger partial charge in [-0.2, -0.15) is 5.10 Å². The van der Waals surface area contributed by atoms with Gasteiger partial charge in [-0.15, -0.1) is 0 Å². The molecule has 1 fully saturated rings. The average molecular weight is 315 g/mol. The van der Waals surface area contributed by atoms with E-state index in [0.717, 1.165) is 24.1 Å². The Morgan fingerprint density at radius 1 is 1.48 bits per heavy atom. The van der Waals surface area contributed by atoms with E-state index in [1.165, 1.54) is 6.20 Å². The molecule has 1 aliphatic heterocycles. The minimum Gasteiger partial charge on any atom is -0.504 e. The molecule has 6 heteroatoms. The molecule has 122 valence electrons. The van der Waals surface area contributed by atoms with Crippen molar-refractivity contribution in [2.75, 3.05) is 13.2 Å². The SMILES string of the molecule is CCc1ccccc1-n1cc(O)c(C(=O)NC2(C)CCOC2)n1. The Morgan fingerprint density at radius 3 is 2.96 bits per heavy atom. The minimum atomic E-state index is -0.408. The Bertz CT molecular complexity index is 718. The predicted octanol–water partition coefficient (Wildman–Crippen LogP) is 2.05. The van der Waals surface area contributed by atoms with Crippen molar-refractivity contribution in [2.45, 2.75) is 32.2 Å². The lowest BCUT2D eigenvalue weighted by atomic mass is 10.0. The summed E-state index contributed by atoms with van der Waals surface area (Å²) >= 11 is 0. The van der Waals surface area contributed by atoms with Gasteiger partial charge in [0, 0.05) is 6.61 Å². The molecule has 1 amide bonds. The molecule has 2 N–H and O–H groups in total. The molecule has 0 bridgehead atoms. The second-order valence-electron chi connectivity index (χ2n) is 6.11. The van der Waals surface area contributed by atoms with Crippen LogP contribution in [-0.2, 0) is 11.2 Å². The summed E-state index contributed by atoms with van der Waals surface area (Å²) in [6.07, 6.45) is 3.06. The highest BCUT2D eigenvalue weighted by atomic mass is 16.5. The van der Waals surface area contributed by atoms with E-state index >= 15 is 0 Å². The number of carbonyl (C=O) groups is 1. The first kappa shape index (κ1) is 15.6. The number of hydrogen-bond donors (Lipinski definition) is 2. The van der Waals surface area contributed by atoms with Gasteiger partial charge in [-0.3, -0.25) is 4.79 Å². The normalized spacial score (nSPS) is 20.6. The lowest BCUT2D eigenvalue weighted by Crippen LogP contribution is -2.46. The topological polar surface area (TPSA) is 76.4 Å². The second kappa shape index (κ2) is 6.04. The van der Waals surface area contributed by atoms with Crippen LogP contribution in [0.25, 0.3) is 5.69 Å². The van der Waals surface area contributed by atoms with Gasteiger partial charge in [-0.1, -0.05) is 25.1 Å². The average Bonchev–Trinajstić information content (AvgIpc) is 3.13. The van der Waals surface area contributed by atoms with Gasteiger partial charge in [-0.05, 0) is 31.4 Å². The van der Waals surface area contributed by atoms with Crippen LogP contribution in [0.3, 0.4) is 0 Å². The molecule has 3 rings (SSSR count). The van der Waals surface area contributed by atoms with Crippen LogP contribution in [0.4, 0.5) is 0 Å². The number of amides is 1. The first-order chi connectivity index (χ1) is 11.0. The van der Waals surface area contributed by atoms with Crippen molar-refractivity contribution >= 4 is 5.91 Å². The molecule has 1 aromatic heterocycles. The lowest BCUT2D eigenvalue weighted by molar-refractivity contribution is 0.0881. The van der Waals surface area contributed by atoms with E-state index in [4.69, 9.17) is 4.74 Å². The van der Waals surface area contributed by atoms with Gasteiger partial charge in [0.1, 0.15) is 0 Å². The summed E-state index contributed by atoms with van der Waals surface area (Å²) in [4.78, 5) is 12.4. The highest BCUT2D eigenvalue weighted by Gasteiger charge is 2.33. The molecule has 0 saturated carbocycles. The van der Waals surface area contributed by atoms with Crippen LogP contribution in [0.2, 0.25) is 0 Å². The summed E-state index contributed by atoms with van der Waals surface area (Å²) in [5, 5.41) is 17.3. The van der Waals surface area contributed by atoms with Crippen LogP contribution in [0, 0.1) is 0 Å². The zero-order chi connectivity index (χ0) is 16.4. The molecular weight excluding hydrogens is 294 g/mol. The van der Waals surface area contributed by atoms with Crippen molar-refractivity contribution in [1.29, 1.82) is 0 Å². The van der Waals surface area contributed by atoms with Gasteiger partial charge in [0.15, 0.2) is 11.4 Å². The second-order valence-corrected chi connectivity index (χ2v) is 6.11. The van der Waals surface area contributed by atoms with Gasteiger partial charge in [0.25, 0.3) is 5.91 Å². The molecule has 0 aliphatic carbocycles. The van der Waals surface area contributed by atoms with Crippen molar-refractivity contribution in [2.24, 2.45) is 0 Å². The first-order valence-electron chi connectivity index (χ1n) is 7.79. The standard InChI is InChI=1S/C17H21N3O3/c1-3-12-6-4-5-7-13(12)20-10-14(21)15(19-20)16(22)18-17(2)8-9-23-11-17/h4-7,10,21H,3,8-9,11H2,1-2H3,(H,18,22). The van der Waals surface area contributed by atoms with E-state index in [0.29, 0.717) is 13.2 Å². The zero-order valence-electron chi connectivity index (χ0n) is 13.4. The first-order valence-corrected chi connectivity index (χ1v) is 7.79. The predicted molar refractivity (Wildman–Crippen MR) is 85.9 cm³/mol. The molecule has 1 unspecified atom stereocenters. The van der Waals surface area contributed by atoms with E-state index in [9.17, 15) is 9.90 Å². The number of nitrogens with one attached hydrogen (secondary N) is 1. The molecule has 6 nitrogen and oxygen atoms in total. The molecule has 2 aromatic rings. The number of aryl methyl sites for hydroxylation is 1. The van der Waals surface area contributed by atoms with E-state index in [1.807, 2.05) is 31.2 Å². The number of benzene rings is 1. The molecule has 0 radical (unpaired) electrons. The van der Waals surface area contributed by atoms with Crippen LogP contribution >= 0.6 is 0 Å². The van der Waals surface area contributed by atoms with Crippen molar-refractivity contribution in [1.82, 2.24) is 15.1 Å². The maximum Gasteiger partial charge on any atom is 0.276 e. The molecule has 1 aliphatic rings.